The Labute approximate surface area is 203 Å². The Morgan fingerprint density at radius 1 is 1.15 bits per heavy atom. The highest BCUT2D eigenvalue weighted by Gasteiger charge is 2.33. The zero-order chi connectivity index (χ0) is 22.9. The molecular formula is C24H24BrFN2O4S. The molecule has 4 heterocycles. The van der Waals surface area contributed by atoms with Crippen LogP contribution in [0.25, 0.3) is 15.9 Å². The van der Waals surface area contributed by atoms with Crippen LogP contribution in [0.15, 0.2) is 45.7 Å². The molecule has 0 spiro atoms. The van der Waals surface area contributed by atoms with Crippen molar-refractivity contribution in [1.29, 1.82) is 0 Å². The summed E-state index contributed by atoms with van der Waals surface area (Å²) in [6.45, 7) is 1.85. The lowest BCUT2D eigenvalue weighted by Gasteiger charge is -2.28. The summed E-state index contributed by atoms with van der Waals surface area (Å²) in [6, 6.07) is 8.95. The number of carbonyl (C=O) groups is 1. The highest BCUT2D eigenvalue weighted by molar-refractivity contribution is 9.10. The van der Waals surface area contributed by atoms with Crippen LogP contribution < -0.4 is 5.56 Å². The van der Waals surface area contributed by atoms with Crippen molar-refractivity contribution in [3.05, 3.63) is 61.9 Å². The number of rotatable bonds is 5. The smallest absolute Gasteiger partial charge is 0.265 e. The molecule has 1 unspecified atom stereocenters. The first-order valence-electron chi connectivity index (χ1n) is 11.2. The molecule has 0 bridgehead atoms. The minimum absolute atomic E-state index is 0.000528. The van der Waals surface area contributed by atoms with Gasteiger partial charge in [0.25, 0.3) is 11.5 Å². The van der Waals surface area contributed by atoms with Crippen molar-refractivity contribution in [2.75, 3.05) is 19.8 Å². The van der Waals surface area contributed by atoms with Crippen LogP contribution in [0.4, 0.5) is 4.39 Å². The Morgan fingerprint density at radius 3 is 2.73 bits per heavy atom. The second-order valence-electron chi connectivity index (χ2n) is 8.37. The maximum atomic E-state index is 13.6. The number of aromatic nitrogens is 1. The molecule has 2 saturated heterocycles. The van der Waals surface area contributed by atoms with Crippen LogP contribution in [0.3, 0.4) is 0 Å². The molecule has 3 aromatic rings. The molecule has 2 atom stereocenters. The number of nitrogens with zero attached hydrogens (tertiary/aromatic N) is 2. The molecule has 0 aliphatic carbocycles. The minimum atomic E-state index is -0.372. The molecule has 174 valence electrons. The molecule has 33 heavy (non-hydrogen) atoms. The molecule has 5 rings (SSSR count). The van der Waals surface area contributed by atoms with Gasteiger partial charge in [0.2, 0.25) is 0 Å². The molecule has 1 aromatic carbocycles. The Balaban J connectivity index is 1.43. The molecular weight excluding hydrogens is 511 g/mol. The number of ether oxygens (including phenoxy) is 2. The van der Waals surface area contributed by atoms with E-state index in [4.69, 9.17) is 9.47 Å². The van der Waals surface area contributed by atoms with Crippen molar-refractivity contribution in [2.45, 2.75) is 44.4 Å². The van der Waals surface area contributed by atoms with Gasteiger partial charge < -0.3 is 14.4 Å². The lowest BCUT2D eigenvalue weighted by atomic mass is 10.2. The maximum Gasteiger partial charge on any atom is 0.265 e. The first-order chi connectivity index (χ1) is 16.0. The van der Waals surface area contributed by atoms with Gasteiger partial charge in [0.05, 0.1) is 22.8 Å². The predicted molar refractivity (Wildman–Crippen MR) is 129 cm³/mol. The Kier molecular flexibility index (Phi) is 6.65. The summed E-state index contributed by atoms with van der Waals surface area (Å²) >= 11 is 4.87. The van der Waals surface area contributed by atoms with Crippen molar-refractivity contribution in [1.82, 2.24) is 9.47 Å². The van der Waals surface area contributed by atoms with Gasteiger partial charge in [0.15, 0.2) is 6.29 Å². The Bertz CT molecular complexity index is 1220. The summed E-state index contributed by atoms with van der Waals surface area (Å²) in [5.41, 5.74) is 0.321. The summed E-state index contributed by atoms with van der Waals surface area (Å²) in [4.78, 5) is 29.3. The monoisotopic (exact) mass is 534 g/mol. The lowest BCUT2D eigenvalue weighted by molar-refractivity contribution is -0.168. The molecule has 6 nitrogen and oxygen atoms in total. The number of hydrogen-bond donors (Lipinski definition) is 0. The first-order valence-corrected chi connectivity index (χ1v) is 12.8. The highest BCUT2D eigenvalue weighted by atomic mass is 79.9. The average molecular weight is 535 g/mol. The van der Waals surface area contributed by atoms with E-state index in [1.807, 2.05) is 4.90 Å². The summed E-state index contributed by atoms with van der Waals surface area (Å²) in [5.74, 6) is -0.444. The summed E-state index contributed by atoms with van der Waals surface area (Å²) < 4.78 is 27.3. The van der Waals surface area contributed by atoms with E-state index in [0.29, 0.717) is 33.0 Å². The maximum absolute atomic E-state index is 13.6. The third kappa shape index (κ3) is 4.51. The number of benzene rings is 1. The number of thiophene rings is 1. The fraction of sp³-hybridized carbons (Fsp3) is 0.417. The second-order valence-corrected chi connectivity index (χ2v) is 10.2. The SMILES string of the molecule is O=C(c1sc2c(ccc(=O)n2-c2ccc(F)cc2)c1Br)N1CCC[C@@H]1COC1CCCCO1. The predicted octanol–water partition coefficient (Wildman–Crippen LogP) is 5.10. The van der Waals surface area contributed by atoms with Crippen LogP contribution in [0.5, 0.6) is 0 Å². The van der Waals surface area contributed by atoms with E-state index in [1.165, 1.54) is 34.1 Å². The van der Waals surface area contributed by atoms with Gasteiger partial charge in [-0.05, 0) is 78.4 Å². The van der Waals surface area contributed by atoms with Gasteiger partial charge in [-0.2, -0.15) is 0 Å². The molecule has 2 aliphatic rings. The van der Waals surface area contributed by atoms with E-state index in [-0.39, 0.29) is 29.6 Å². The first kappa shape index (κ1) is 22.7. The Hall–Kier alpha value is -2.07. The number of carbonyl (C=O) groups excluding carboxylic acids is 1. The number of hydrogen-bond acceptors (Lipinski definition) is 5. The molecule has 0 radical (unpaired) electrons. The number of pyridine rings is 1. The van der Waals surface area contributed by atoms with E-state index in [2.05, 4.69) is 15.9 Å². The summed E-state index contributed by atoms with van der Waals surface area (Å²) in [6.07, 6.45) is 4.69. The van der Waals surface area contributed by atoms with E-state index >= 15 is 0 Å². The number of fused-ring (bicyclic) bond motifs is 1. The van der Waals surface area contributed by atoms with E-state index in [9.17, 15) is 14.0 Å². The van der Waals surface area contributed by atoms with Crippen molar-refractivity contribution in [2.24, 2.45) is 0 Å². The minimum Gasteiger partial charge on any atom is -0.353 e. The van der Waals surface area contributed by atoms with E-state index in [0.717, 1.165) is 44.1 Å². The molecule has 0 N–H and O–H groups in total. The van der Waals surface area contributed by atoms with Crippen LogP contribution in [0, 0.1) is 5.82 Å². The summed E-state index contributed by atoms with van der Waals surface area (Å²) in [5, 5.41) is 0.773. The van der Waals surface area contributed by atoms with Crippen LogP contribution >= 0.6 is 27.3 Å². The van der Waals surface area contributed by atoms with Gasteiger partial charge in [0.1, 0.15) is 15.5 Å². The molecule has 0 saturated carbocycles. The van der Waals surface area contributed by atoms with Crippen molar-refractivity contribution in [3.8, 4) is 5.69 Å². The van der Waals surface area contributed by atoms with Crippen LogP contribution in [-0.4, -0.2) is 47.5 Å². The van der Waals surface area contributed by atoms with Crippen molar-refractivity contribution >= 4 is 43.4 Å². The quantitative estimate of drug-likeness (QED) is 0.456. The largest absolute Gasteiger partial charge is 0.353 e. The van der Waals surface area contributed by atoms with E-state index < -0.39 is 0 Å². The van der Waals surface area contributed by atoms with Crippen molar-refractivity contribution in [3.63, 3.8) is 0 Å². The molecule has 9 heteroatoms. The van der Waals surface area contributed by atoms with Gasteiger partial charge >= 0.3 is 0 Å². The molecule has 2 aliphatic heterocycles. The van der Waals surface area contributed by atoms with E-state index in [1.54, 1.807) is 18.2 Å². The van der Waals surface area contributed by atoms with Gasteiger partial charge in [-0.25, -0.2) is 4.39 Å². The van der Waals surface area contributed by atoms with Crippen LogP contribution in [0.1, 0.15) is 41.8 Å². The highest BCUT2D eigenvalue weighted by Crippen LogP contribution is 2.37. The molecule has 2 fully saturated rings. The van der Waals surface area contributed by atoms with Crippen LogP contribution in [0.2, 0.25) is 0 Å². The fourth-order valence-corrected chi connectivity index (χ4v) is 6.52. The van der Waals surface area contributed by atoms with Gasteiger partial charge in [-0.3, -0.25) is 14.2 Å². The normalized spacial score (nSPS) is 21.1. The van der Waals surface area contributed by atoms with Gasteiger partial charge in [-0.15, -0.1) is 11.3 Å². The van der Waals surface area contributed by atoms with Crippen molar-refractivity contribution < 1.29 is 18.7 Å². The topological polar surface area (TPSA) is 60.8 Å². The lowest BCUT2D eigenvalue weighted by Crippen LogP contribution is -2.39. The number of halogens is 2. The van der Waals surface area contributed by atoms with Gasteiger partial charge in [-0.1, -0.05) is 0 Å². The van der Waals surface area contributed by atoms with Crippen LogP contribution in [-0.2, 0) is 9.47 Å². The fourth-order valence-electron chi connectivity index (χ4n) is 4.49. The zero-order valence-corrected chi connectivity index (χ0v) is 20.4. The third-order valence-corrected chi connectivity index (χ3v) is 8.48. The average Bonchev–Trinajstić information content (AvgIpc) is 3.43. The third-order valence-electron chi connectivity index (χ3n) is 6.21. The zero-order valence-electron chi connectivity index (χ0n) is 18.0. The second kappa shape index (κ2) is 9.66. The number of likely N-dealkylation sites (tertiary alicyclic amines) is 1. The standard InChI is InChI=1S/C24H24BrFN2O4S/c25-21-18-10-11-19(29)28(16-8-6-15(26)7-9-16)24(18)33-22(21)23(30)27-12-3-4-17(27)14-32-20-5-1-2-13-31-20/h6-11,17,20H,1-5,12-14H2/t17-,20?/m1/s1. The Morgan fingerprint density at radius 2 is 1.97 bits per heavy atom. The number of amides is 1. The molecule has 1 amide bonds. The van der Waals surface area contributed by atoms with Gasteiger partial charge in [0, 0.05) is 24.6 Å². The molecule has 2 aromatic heterocycles. The summed E-state index contributed by atoms with van der Waals surface area (Å²) in [7, 11) is 0.